The molecule has 1 atom stereocenters. The molecule has 0 fully saturated rings. The van der Waals surface area contributed by atoms with Crippen LogP contribution < -0.4 is 5.32 Å². The van der Waals surface area contributed by atoms with Gasteiger partial charge < -0.3 is 9.84 Å². The van der Waals surface area contributed by atoms with Gasteiger partial charge in [0.1, 0.15) is 5.76 Å². The lowest BCUT2D eigenvalue weighted by Crippen LogP contribution is -2.22. The average molecular weight is 290 g/mol. The van der Waals surface area contributed by atoms with Crippen LogP contribution in [0.25, 0.3) is 0 Å². The predicted octanol–water partition coefficient (Wildman–Crippen LogP) is 3.55. The van der Waals surface area contributed by atoms with Gasteiger partial charge in [0.25, 0.3) is 0 Å². The number of amides is 1. The molecule has 0 saturated carbocycles. The number of anilines is 1. The van der Waals surface area contributed by atoms with Crippen molar-refractivity contribution in [1.29, 1.82) is 0 Å². The maximum atomic E-state index is 12.0. The smallest absolute Gasteiger partial charge is 0.238 e. The van der Waals surface area contributed by atoms with Crippen molar-refractivity contribution in [3.63, 3.8) is 0 Å². The minimum atomic E-state index is -0.147. The third-order valence-corrected chi connectivity index (χ3v) is 4.19. The maximum Gasteiger partial charge on any atom is 0.238 e. The van der Waals surface area contributed by atoms with Gasteiger partial charge in [-0.2, -0.15) is 0 Å². The summed E-state index contributed by atoms with van der Waals surface area (Å²) >= 11 is 1.61. The van der Waals surface area contributed by atoms with Crippen LogP contribution in [0.2, 0.25) is 0 Å². The molecular formula is C15H18N2O2S. The SMILES string of the molecule is Cc1cc(NC(=O)[C@@H](C)SCc2ccccc2C)no1. The minimum absolute atomic E-state index is 0.0584. The molecule has 0 aliphatic heterocycles. The number of carbonyl (C=O) groups excluding carboxylic acids is 1. The van der Waals surface area contributed by atoms with Crippen LogP contribution in [0, 0.1) is 13.8 Å². The normalized spacial score (nSPS) is 12.2. The van der Waals surface area contributed by atoms with Crippen LogP contribution >= 0.6 is 11.8 Å². The summed E-state index contributed by atoms with van der Waals surface area (Å²) in [5, 5.41) is 6.36. The van der Waals surface area contributed by atoms with Crippen molar-refractivity contribution >= 4 is 23.5 Å². The first-order chi connectivity index (χ1) is 9.56. The molecule has 1 heterocycles. The van der Waals surface area contributed by atoms with Crippen LogP contribution in [-0.2, 0) is 10.5 Å². The van der Waals surface area contributed by atoms with Gasteiger partial charge in [0, 0.05) is 11.8 Å². The van der Waals surface area contributed by atoms with Crippen molar-refractivity contribution in [1.82, 2.24) is 5.16 Å². The van der Waals surface area contributed by atoms with Crippen molar-refractivity contribution in [2.45, 2.75) is 31.8 Å². The molecule has 1 N–H and O–H groups in total. The molecule has 1 aromatic heterocycles. The van der Waals surface area contributed by atoms with Gasteiger partial charge in [0.15, 0.2) is 5.82 Å². The molecule has 0 aliphatic carbocycles. The number of nitrogens with one attached hydrogen (secondary N) is 1. The Kier molecular flexibility index (Phi) is 4.84. The molecule has 2 aromatic rings. The number of nitrogens with zero attached hydrogens (tertiary/aromatic N) is 1. The number of rotatable bonds is 5. The zero-order chi connectivity index (χ0) is 14.5. The van der Waals surface area contributed by atoms with Gasteiger partial charge in [-0.25, -0.2) is 0 Å². The Labute approximate surface area is 122 Å². The Morgan fingerprint density at radius 1 is 1.40 bits per heavy atom. The van der Waals surface area contributed by atoms with E-state index in [9.17, 15) is 4.79 Å². The molecule has 0 radical (unpaired) electrons. The highest BCUT2D eigenvalue weighted by Gasteiger charge is 2.15. The van der Waals surface area contributed by atoms with E-state index in [-0.39, 0.29) is 11.2 Å². The van der Waals surface area contributed by atoms with Crippen molar-refractivity contribution < 1.29 is 9.32 Å². The zero-order valence-electron chi connectivity index (χ0n) is 11.8. The summed E-state index contributed by atoms with van der Waals surface area (Å²) < 4.78 is 4.92. The van der Waals surface area contributed by atoms with Crippen molar-refractivity contribution in [3.8, 4) is 0 Å². The lowest BCUT2D eigenvalue weighted by molar-refractivity contribution is -0.115. The van der Waals surface area contributed by atoms with Gasteiger partial charge >= 0.3 is 0 Å². The molecule has 5 heteroatoms. The lowest BCUT2D eigenvalue weighted by Gasteiger charge is -2.11. The Morgan fingerprint density at radius 3 is 2.80 bits per heavy atom. The summed E-state index contributed by atoms with van der Waals surface area (Å²) in [5.74, 6) is 1.91. The van der Waals surface area contributed by atoms with E-state index < -0.39 is 0 Å². The summed E-state index contributed by atoms with van der Waals surface area (Å²) in [6.07, 6.45) is 0. The number of carbonyl (C=O) groups is 1. The van der Waals surface area contributed by atoms with E-state index in [0.717, 1.165) is 5.75 Å². The van der Waals surface area contributed by atoms with E-state index in [2.05, 4.69) is 29.5 Å². The molecule has 106 valence electrons. The molecule has 4 nitrogen and oxygen atoms in total. The van der Waals surface area contributed by atoms with Gasteiger partial charge in [0.05, 0.1) is 5.25 Å². The van der Waals surface area contributed by atoms with Crippen LogP contribution in [0.5, 0.6) is 0 Å². The van der Waals surface area contributed by atoms with E-state index in [4.69, 9.17) is 4.52 Å². The fraction of sp³-hybridized carbons (Fsp3) is 0.333. The first-order valence-electron chi connectivity index (χ1n) is 6.46. The van der Waals surface area contributed by atoms with Crippen LogP contribution in [0.1, 0.15) is 23.8 Å². The summed E-state index contributed by atoms with van der Waals surface area (Å²) in [6.45, 7) is 5.77. The molecule has 2 rings (SSSR count). The summed E-state index contributed by atoms with van der Waals surface area (Å²) in [4.78, 5) is 12.0. The van der Waals surface area contributed by atoms with Crippen LogP contribution in [0.15, 0.2) is 34.9 Å². The number of hydrogen-bond donors (Lipinski definition) is 1. The molecule has 0 spiro atoms. The molecule has 0 aliphatic rings. The average Bonchev–Trinajstić information content (AvgIpc) is 2.82. The van der Waals surface area contributed by atoms with Crippen molar-refractivity contribution in [2.24, 2.45) is 0 Å². The van der Waals surface area contributed by atoms with Gasteiger partial charge in [-0.05, 0) is 31.9 Å². The standard InChI is InChI=1S/C15H18N2O2S/c1-10-6-4-5-7-13(10)9-20-12(3)15(18)16-14-8-11(2)19-17-14/h4-8,12H,9H2,1-3H3,(H,16,17,18)/t12-/m1/s1. The first-order valence-corrected chi connectivity index (χ1v) is 7.51. The van der Waals surface area contributed by atoms with Gasteiger partial charge in [-0.3, -0.25) is 4.79 Å². The van der Waals surface area contributed by atoms with Gasteiger partial charge in [-0.1, -0.05) is 29.4 Å². The summed E-state index contributed by atoms with van der Waals surface area (Å²) in [6, 6.07) is 9.92. The monoisotopic (exact) mass is 290 g/mol. The zero-order valence-corrected chi connectivity index (χ0v) is 12.7. The number of thioether (sulfide) groups is 1. The van der Waals surface area contributed by atoms with Crippen LogP contribution in [0.3, 0.4) is 0 Å². The molecule has 0 saturated heterocycles. The van der Waals surface area contributed by atoms with Crippen LogP contribution in [0.4, 0.5) is 5.82 Å². The number of aryl methyl sites for hydroxylation is 2. The topological polar surface area (TPSA) is 55.1 Å². The molecule has 20 heavy (non-hydrogen) atoms. The van der Waals surface area contributed by atoms with Crippen LogP contribution in [-0.4, -0.2) is 16.3 Å². The molecule has 0 unspecified atom stereocenters. The molecule has 0 bridgehead atoms. The Bertz CT molecular complexity index is 595. The molecule has 1 amide bonds. The summed E-state index contributed by atoms with van der Waals surface area (Å²) in [7, 11) is 0. The second-order valence-corrected chi connectivity index (χ2v) is 6.02. The minimum Gasteiger partial charge on any atom is -0.360 e. The van der Waals surface area contributed by atoms with Crippen molar-refractivity contribution in [2.75, 3.05) is 5.32 Å². The molecule has 1 aromatic carbocycles. The van der Waals surface area contributed by atoms with E-state index in [0.29, 0.717) is 11.6 Å². The fourth-order valence-electron chi connectivity index (χ4n) is 1.72. The van der Waals surface area contributed by atoms with Gasteiger partial charge in [-0.15, -0.1) is 11.8 Å². The maximum absolute atomic E-state index is 12.0. The van der Waals surface area contributed by atoms with E-state index >= 15 is 0 Å². The highest BCUT2D eigenvalue weighted by molar-refractivity contribution is 7.99. The lowest BCUT2D eigenvalue weighted by atomic mass is 10.1. The Hall–Kier alpha value is -1.75. The number of benzene rings is 1. The third-order valence-electron chi connectivity index (χ3n) is 3.00. The van der Waals surface area contributed by atoms with E-state index in [1.165, 1.54) is 11.1 Å². The first kappa shape index (κ1) is 14.7. The Morgan fingerprint density at radius 2 is 2.15 bits per heavy atom. The fourth-order valence-corrected chi connectivity index (χ4v) is 2.68. The predicted molar refractivity (Wildman–Crippen MR) is 81.8 cm³/mol. The highest BCUT2D eigenvalue weighted by atomic mass is 32.2. The number of hydrogen-bond acceptors (Lipinski definition) is 4. The molecular weight excluding hydrogens is 272 g/mol. The second-order valence-electron chi connectivity index (χ2n) is 4.69. The highest BCUT2D eigenvalue weighted by Crippen LogP contribution is 2.21. The van der Waals surface area contributed by atoms with Gasteiger partial charge in [0.2, 0.25) is 5.91 Å². The third kappa shape index (κ3) is 3.87. The van der Waals surface area contributed by atoms with Crippen molar-refractivity contribution in [3.05, 3.63) is 47.2 Å². The second kappa shape index (κ2) is 6.61. The Balaban J connectivity index is 1.87. The van der Waals surface area contributed by atoms with E-state index in [1.54, 1.807) is 24.8 Å². The van der Waals surface area contributed by atoms with E-state index in [1.807, 2.05) is 19.1 Å². The summed E-state index contributed by atoms with van der Waals surface area (Å²) in [5.41, 5.74) is 2.51. The quantitative estimate of drug-likeness (QED) is 0.915. The number of aromatic nitrogens is 1. The largest absolute Gasteiger partial charge is 0.360 e.